The fraction of sp³-hybridized carbons (Fsp3) is 0.500. The molecule has 1 aliphatic rings. The molecule has 1 aromatic carbocycles. The van der Waals surface area contributed by atoms with Crippen molar-refractivity contribution in [3.63, 3.8) is 0 Å². The zero-order valence-corrected chi connectivity index (χ0v) is 15.8. The minimum Gasteiger partial charge on any atom is -0.335 e. The van der Waals surface area contributed by atoms with Gasteiger partial charge in [0.1, 0.15) is 5.69 Å². The Labute approximate surface area is 150 Å². The zero-order valence-electron chi connectivity index (χ0n) is 15.8. The average molecular weight is 340 g/mol. The molecule has 0 radical (unpaired) electrons. The summed E-state index contributed by atoms with van der Waals surface area (Å²) in [5, 5.41) is 4.54. The van der Waals surface area contributed by atoms with Gasteiger partial charge >= 0.3 is 0 Å². The van der Waals surface area contributed by atoms with E-state index in [0.717, 1.165) is 24.3 Å². The van der Waals surface area contributed by atoms with Crippen LogP contribution in [-0.4, -0.2) is 58.7 Å². The summed E-state index contributed by atoms with van der Waals surface area (Å²) in [5.41, 5.74) is 2.53. The topological polar surface area (TPSA) is 41.4 Å². The van der Waals surface area contributed by atoms with Crippen LogP contribution in [0.3, 0.4) is 0 Å². The van der Waals surface area contributed by atoms with Crippen molar-refractivity contribution in [1.82, 2.24) is 19.6 Å². The van der Waals surface area contributed by atoms with E-state index in [1.54, 1.807) is 4.68 Å². The normalized spacial score (nSPS) is 20.7. The number of nitrogens with zero attached hydrogens (tertiary/aromatic N) is 4. The molecule has 1 aliphatic heterocycles. The maximum Gasteiger partial charge on any atom is 0.272 e. The van der Waals surface area contributed by atoms with Crippen LogP contribution < -0.4 is 0 Å². The highest BCUT2D eigenvalue weighted by Gasteiger charge is 2.38. The second-order valence-electron chi connectivity index (χ2n) is 7.55. The summed E-state index contributed by atoms with van der Waals surface area (Å²) < 4.78 is 1.71. The van der Waals surface area contributed by atoms with Gasteiger partial charge in [0.25, 0.3) is 5.91 Å². The van der Waals surface area contributed by atoms with Gasteiger partial charge in [0.2, 0.25) is 0 Å². The molecule has 134 valence electrons. The van der Waals surface area contributed by atoms with E-state index in [9.17, 15) is 4.79 Å². The van der Waals surface area contributed by atoms with E-state index in [4.69, 9.17) is 0 Å². The van der Waals surface area contributed by atoms with Gasteiger partial charge in [-0.3, -0.25) is 9.48 Å². The Balaban J connectivity index is 1.83. The molecule has 1 aromatic heterocycles. The summed E-state index contributed by atoms with van der Waals surface area (Å²) in [5.74, 6) is 1.13. The number of carbonyl (C=O) groups is 1. The van der Waals surface area contributed by atoms with E-state index in [1.807, 2.05) is 48.3 Å². The number of amides is 1. The van der Waals surface area contributed by atoms with Gasteiger partial charge < -0.3 is 9.80 Å². The second-order valence-corrected chi connectivity index (χ2v) is 7.55. The largest absolute Gasteiger partial charge is 0.335 e. The first-order chi connectivity index (χ1) is 11.9. The molecule has 2 heterocycles. The molecule has 3 rings (SSSR count). The standard InChI is InChI=1S/C20H28N4O/c1-14(2)16-12-24(13-19(16)22(3)4)20(25)18-11-17(21-23(18)5)15-9-7-6-8-10-15/h6-11,14,16,19H,12-13H2,1-5H3. The molecule has 0 saturated carbocycles. The third kappa shape index (κ3) is 3.47. The van der Waals surface area contributed by atoms with Crippen molar-refractivity contribution >= 4 is 5.91 Å². The minimum absolute atomic E-state index is 0.0761. The summed E-state index contributed by atoms with van der Waals surface area (Å²) in [6.45, 7) is 6.07. The van der Waals surface area contributed by atoms with Crippen LogP contribution in [0.2, 0.25) is 0 Å². The highest BCUT2D eigenvalue weighted by atomic mass is 16.2. The average Bonchev–Trinajstić information content (AvgIpc) is 3.19. The van der Waals surface area contributed by atoms with E-state index in [-0.39, 0.29) is 5.91 Å². The van der Waals surface area contributed by atoms with Crippen molar-refractivity contribution < 1.29 is 4.79 Å². The van der Waals surface area contributed by atoms with E-state index in [0.29, 0.717) is 23.6 Å². The molecule has 5 nitrogen and oxygen atoms in total. The Morgan fingerprint density at radius 2 is 1.88 bits per heavy atom. The van der Waals surface area contributed by atoms with Gasteiger partial charge in [-0.1, -0.05) is 44.2 Å². The maximum absolute atomic E-state index is 13.1. The molecule has 1 fully saturated rings. The molecule has 1 saturated heterocycles. The van der Waals surface area contributed by atoms with Crippen LogP contribution in [0, 0.1) is 11.8 Å². The number of benzene rings is 1. The number of aromatic nitrogens is 2. The van der Waals surface area contributed by atoms with Gasteiger partial charge in [-0.15, -0.1) is 0 Å². The van der Waals surface area contributed by atoms with Gasteiger partial charge in [0.05, 0.1) is 5.69 Å². The van der Waals surface area contributed by atoms with Crippen LogP contribution in [0.5, 0.6) is 0 Å². The van der Waals surface area contributed by atoms with E-state index >= 15 is 0 Å². The molecule has 0 spiro atoms. The lowest BCUT2D eigenvalue weighted by Gasteiger charge is -2.27. The Morgan fingerprint density at radius 3 is 2.44 bits per heavy atom. The van der Waals surface area contributed by atoms with Gasteiger partial charge in [-0.2, -0.15) is 5.10 Å². The molecule has 0 N–H and O–H groups in total. The SMILES string of the molecule is CC(C)C1CN(C(=O)c2cc(-c3ccccc3)nn2C)CC1N(C)C. The number of aryl methyl sites for hydroxylation is 1. The highest BCUT2D eigenvalue weighted by Crippen LogP contribution is 2.29. The fourth-order valence-corrected chi connectivity index (χ4v) is 3.76. The number of hydrogen-bond acceptors (Lipinski definition) is 3. The Bertz CT molecular complexity index is 719. The molecule has 25 heavy (non-hydrogen) atoms. The fourth-order valence-electron chi connectivity index (χ4n) is 3.76. The van der Waals surface area contributed by atoms with Crippen LogP contribution in [0.25, 0.3) is 11.3 Å². The molecule has 2 aromatic rings. The van der Waals surface area contributed by atoms with Crippen molar-refractivity contribution in [3.8, 4) is 11.3 Å². The van der Waals surface area contributed by atoms with E-state index < -0.39 is 0 Å². The zero-order chi connectivity index (χ0) is 18.1. The predicted octanol–water partition coefficient (Wildman–Crippen LogP) is 2.75. The van der Waals surface area contributed by atoms with Crippen molar-refractivity contribution in [2.75, 3.05) is 27.2 Å². The molecular formula is C20H28N4O. The molecular weight excluding hydrogens is 312 g/mol. The van der Waals surface area contributed by atoms with Gasteiger partial charge in [-0.25, -0.2) is 0 Å². The molecule has 0 bridgehead atoms. The van der Waals surface area contributed by atoms with Gasteiger partial charge in [-0.05, 0) is 32.0 Å². The lowest BCUT2D eigenvalue weighted by molar-refractivity contribution is 0.0769. The van der Waals surface area contributed by atoms with Gasteiger partial charge in [0, 0.05) is 31.7 Å². The molecule has 5 heteroatoms. The molecule has 1 amide bonds. The first-order valence-corrected chi connectivity index (χ1v) is 8.93. The maximum atomic E-state index is 13.1. The third-order valence-electron chi connectivity index (χ3n) is 5.31. The van der Waals surface area contributed by atoms with Crippen molar-refractivity contribution in [2.45, 2.75) is 19.9 Å². The first-order valence-electron chi connectivity index (χ1n) is 8.93. The number of carbonyl (C=O) groups excluding carboxylic acids is 1. The van der Waals surface area contributed by atoms with E-state index in [1.165, 1.54) is 0 Å². The predicted molar refractivity (Wildman–Crippen MR) is 100 cm³/mol. The van der Waals surface area contributed by atoms with Crippen LogP contribution in [0.1, 0.15) is 24.3 Å². The lowest BCUT2D eigenvalue weighted by atomic mass is 9.91. The summed E-state index contributed by atoms with van der Waals surface area (Å²) in [7, 11) is 6.05. The smallest absolute Gasteiger partial charge is 0.272 e. The van der Waals surface area contributed by atoms with Crippen molar-refractivity contribution in [2.24, 2.45) is 18.9 Å². The summed E-state index contributed by atoms with van der Waals surface area (Å²) >= 11 is 0. The number of hydrogen-bond donors (Lipinski definition) is 0. The summed E-state index contributed by atoms with van der Waals surface area (Å²) in [6, 6.07) is 12.3. The minimum atomic E-state index is 0.0761. The van der Waals surface area contributed by atoms with Crippen LogP contribution in [-0.2, 0) is 7.05 Å². The quantitative estimate of drug-likeness (QED) is 0.859. The highest BCUT2D eigenvalue weighted by molar-refractivity contribution is 5.94. The lowest BCUT2D eigenvalue weighted by Crippen LogP contribution is -2.37. The van der Waals surface area contributed by atoms with Crippen LogP contribution in [0.4, 0.5) is 0 Å². The molecule has 2 unspecified atom stereocenters. The van der Waals surface area contributed by atoms with Crippen molar-refractivity contribution in [1.29, 1.82) is 0 Å². The molecule has 2 atom stereocenters. The Kier molecular flexibility index (Phi) is 4.95. The van der Waals surface area contributed by atoms with E-state index in [2.05, 4.69) is 37.9 Å². The van der Waals surface area contributed by atoms with Crippen molar-refractivity contribution in [3.05, 3.63) is 42.1 Å². The Hall–Kier alpha value is -2.14. The number of likely N-dealkylation sites (N-methyl/N-ethyl adjacent to an activating group) is 1. The first kappa shape index (κ1) is 17.7. The summed E-state index contributed by atoms with van der Waals surface area (Å²) in [4.78, 5) is 17.3. The Morgan fingerprint density at radius 1 is 1.20 bits per heavy atom. The third-order valence-corrected chi connectivity index (χ3v) is 5.31. The number of likely N-dealkylation sites (tertiary alicyclic amines) is 1. The van der Waals surface area contributed by atoms with Crippen LogP contribution in [0.15, 0.2) is 36.4 Å². The monoisotopic (exact) mass is 340 g/mol. The van der Waals surface area contributed by atoms with Gasteiger partial charge in [0.15, 0.2) is 0 Å². The van der Waals surface area contributed by atoms with Crippen LogP contribution >= 0.6 is 0 Å². The number of rotatable bonds is 4. The molecule has 0 aliphatic carbocycles. The summed E-state index contributed by atoms with van der Waals surface area (Å²) in [6.07, 6.45) is 0. The second kappa shape index (κ2) is 7.00.